The summed E-state index contributed by atoms with van der Waals surface area (Å²) in [4.78, 5) is 0. The molecule has 3 nitrogen and oxygen atoms in total. The van der Waals surface area contributed by atoms with Crippen molar-refractivity contribution < 1.29 is 0 Å². The van der Waals surface area contributed by atoms with E-state index in [9.17, 15) is 0 Å². The Balaban J connectivity index is 1.77. The van der Waals surface area contributed by atoms with Crippen molar-refractivity contribution in [3.63, 3.8) is 0 Å². The fourth-order valence-electron chi connectivity index (χ4n) is 3.20. The highest BCUT2D eigenvalue weighted by Gasteiger charge is 2.24. The van der Waals surface area contributed by atoms with Gasteiger partial charge in [-0.05, 0) is 49.7 Å². The van der Waals surface area contributed by atoms with Crippen molar-refractivity contribution >= 4 is 11.5 Å². The number of nitrogens with zero attached hydrogens (tertiary/aromatic N) is 1. The van der Waals surface area contributed by atoms with Gasteiger partial charge in [-0.25, -0.2) is 0 Å². The molecule has 1 aliphatic carbocycles. The lowest BCUT2D eigenvalue weighted by Gasteiger charge is -2.24. The number of rotatable bonds is 4. The Morgan fingerprint density at radius 3 is 2.85 bits per heavy atom. The first kappa shape index (κ1) is 13.2. The molecule has 0 spiro atoms. The molecule has 0 saturated carbocycles. The molecule has 0 radical (unpaired) electrons. The van der Waals surface area contributed by atoms with Gasteiger partial charge in [0.25, 0.3) is 0 Å². The van der Waals surface area contributed by atoms with Crippen molar-refractivity contribution in [1.82, 2.24) is 10.2 Å². The maximum absolute atomic E-state index is 4.47. The molecule has 0 fully saturated rings. The van der Waals surface area contributed by atoms with Gasteiger partial charge < -0.3 is 5.32 Å². The molecule has 0 aliphatic heterocycles. The zero-order valence-electron chi connectivity index (χ0n) is 12.3. The van der Waals surface area contributed by atoms with Crippen molar-refractivity contribution in [2.75, 3.05) is 5.32 Å². The fourth-order valence-corrected chi connectivity index (χ4v) is 3.20. The number of aryl methyl sites for hydroxylation is 1. The number of fused-ring (bicyclic) bond motifs is 1. The Morgan fingerprint density at radius 2 is 2.10 bits per heavy atom. The minimum atomic E-state index is 0.777. The van der Waals surface area contributed by atoms with Gasteiger partial charge in [-0.15, -0.1) is 0 Å². The monoisotopic (exact) mass is 269 g/mol. The number of aromatic nitrogens is 2. The Bertz CT molecular complexity index is 557. The second kappa shape index (κ2) is 5.70. The molecule has 3 heteroatoms. The molecular formula is C17H23N3. The number of benzene rings is 1. The predicted molar refractivity (Wildman–Crippen MR) is 83.3 cm³/mol. The summed E-state index contributed by atoms with van der Waals surface area (Å²) in [6.45, 7) is 4.63. The van der Waals surface area contributed by atoms with Crippen LogP contribution in [0.3, 0.4) is 0 Å². The lowest BCUT2D eigenvalue weighted by atomic mass is 9.82. The third kappa shape index (κ3) is 2.87. The number of para-hydroxylation sites is 1. The maximum atomic E-state index is 4.47. The van der Waals surface area contributed by atoms with Gasteiger partial charge in [0.15, 0.2) is 5.82 Å². The van der Waals surface area contributed by atoms with Crippen LogP contribution < -0.4 is 5.32 Å². The highest BCUT2D eigenvalue weighted by Crippen LogP contribution is 2.33. The SMILES string of the molecule is CC(C)CC1CCc2[nH]nc(Nc3ccccc3)c2C1. The number of nitrogens with one attached hydrogen (secondary N) is 2. The van der Waals surface area contributed by atoms with Gasteiger partial charge in [0.1, 0.15) is 0 Å². The average molecular weight is 269 g/mol. The summed E-state index contributed by atoms with van der Waals surface area (Å²) in [7, 11) is 0. The van der Waals surface area contributed by atoms with E-state index in [1.54, 1.807) is 0 Å². The Labute approximate surface area is 120 Å². The molecule has 1 aromatic carbocycles. The molecule has 3 rings (SSSR count). The molecule has 20 heavy (non-hydrogen) atoms. The van der Waals surface area contributed by atoms with Crippen molar-refractivity contribution in [1.29, 1.82) is 0 Å². The smallest absolute Gasteiger partial charge is 0.155 e. The molecule has 1 heterocycles. The van der Waals surface area contributed by atoms with E-state index < -0.39 is 0 Å². The third-order valence-electron chi connectivity index (χ3n) is 4.09. The van der Waals surface area contributed by atoms with Gasteiger partial charge in [0.2, 0.25) is 0 Å². The van der Waals surface area contributed by atoms with E-state index in [1.165, 1.54) is 24.1 Å². The van der Waals surface area contributed by atoms with Crippen molar-refractivity contribution in [2.45, 2.75) is 39.5 Å². The highest BCUT2D eigenvalue weighted by atomic mass is 15.2. The lowest BCUT2D eigenvalue weighted by Crippen LogP contribution is -2.16. The molecule has 2 aromatic rings. The first-order chi connectivity index (χ1) is 9.72. The molecule has 1 atom stereocenters. The number of anilines is 2. The van der Waals surface area contributed by atoms with Crippen molar-refractivity contribution in [3.05, 3.63) is 41.6 Å². The van der Waals surface area contributed by atoms with Crippen LogP contribution in [0.5, 0.6) is 0 Å². The largest absolute Gasteiger partial charge is 0.339 e. The quantitative estimate of drug-likeness (QED) is 0.868. The summed E-state index contributed by atoms with van der Waals surface area (Å²) in [5.74, 6) is 2.59. The fraction of sp³-hybridized carbons (Fsp3) is 0.471. The predicted octanol–water partition coefficient (Wildman–Crippen LogP) is 4.30. The van der Waals surface area contributed by atoms with Crippen LogP contribution in [0, 0.1) is 11.8 Å². The van der Waals surface area contributed by atoms with Crippen LogP contribution in [0.1, 0.15) is 37.9 Å². The van der Waals surface area contributed by atoms with Gasteiger partial charge in [0.05, 0.1) is 0 Å². The Kier molecular flexibility index (Phi) is 3.77. The molecular weight excluding hydrogens is 246 g/mol. The molecule has 2 N–H and O–H groups in total. The van der Waals surface area contributed by atoms with E-state index in [0.717, 1.165) is 36.2 Å². The summed E-state index contributed by atoms with van der Waals surface area (Å²) in [6, 6.07) is 10.3. The molecule has 1 aromatic heterocycles. The lowest BCUT2D eigenvalue weighted by molar-refractivity contribution is 0.369. The van der Waals surface area contributed by atoms with Gasteiger partial charge in [-0.2, -0.15) is 5.10 Å². The van der Waals surface area contributed by atoms with Crippen LogP contribution in [0.2, 0.25) is 0 Å². The second-order valence-corrected chi connectivity index (χ2v) is 6.26. The standard InChI is InChI=1S/C17H23N3/c1-12(2)10-13-8-9-16-15(11-13)17(20-19-16)18-14-6-4-3-5-7-14/h3-7,12-13H,8-11H2,1-2H3,(H2,18,19,20). The zero-order valence-corrected chi connectivity index (χ0v) is 12.3. The Morgan fingerprint density at radius 1 is 1.30 bits per heavy atom. The number of hydrogen-bond donors (Lipinski definition) is 2. The van der Waals surface area contributed by atoms with E-state index in [2.05, 4.69) is 41.5 Å². The van der Waals surface area contributed by atoms with Crippen molar-refractivity contribution in [3.8, 4) is 0 Å². The molecule has 1 unspecified atom stereocenters. The first-order valence-electron chi connectivity index (χ1n) is 7.60. The minimum absolute atomic E-state index is 0.777. The summed E-state index contributed by atoms with van der Waals surface area (Å²) >= 11 is 0. The van der Waals surface area contributed by atoms with Gasteiger partial charge in [-0.1, -0.05) is 32.0 Å². The van der Waals surface area contributed by atoms with E-state index in [-0.39, 0.29) is 0 Å². The van der Waals surface area contributed by atoms with Gasteiger partial charge in [0, 0.05) is 16.9 Å². The summed E-state index contributed by atoms with van der Waals surface area (Å²) in [5.41, 5.74) is 3.82. The van der Waals surface area contributed by atoms with Crippen LogP contribution >= 0.6 is 0 Å². The summed E-state index contributed by atoms with van der Waals surface area (Å²) in [5, 5.41) is 11.1. The first-order valence-corrected chi connectivity index (χ1v) is 7.60. The van der Waals surface area contributed by atoms with Crippen LogP contribution in [0.25, 0.3) is 0 Å². The molecule has 0 amide bonds. The van der Waals surface area contributed by atoms with Crippen LogP contribution in [0.4, 0.5) is 11.5 Å². The molecule has 0 bridgehead atoms. The number of hydrogen-bond acceptors (Lipinski definition) is 2. The minimum Gasteiger partial charge on any atom is -0.339 e. The van der Waals surface area contributed by atoms with Gasteiger partial charge in [-0.3, -0.25) is 5.10 Å². The van der Waals surface area contributed by atoms with E-state index >= 15 is 0 Å². The highest BCUT2D eigenvalue weighted by molar-refractivity contribution is 5.60. The zero-order chi connectivity index (χ0) is 13.9. The topological polar surface area (TPSA) is 40.7 Å². The normalized spacial score (nSPS) is 18.1. The number of H-pyrrole nitrogens is 1. The molecule has 106 valence electrons. The maximum Gasteiger partial charge on any atom is 0.155 e. The number of aromatic amines is 1. The van der Waals surface area contributed by atoms with Gasteiger partial charge >= 0.3 is 0 Å². The van der Waals surface area contributed by atoms with E-state index in [1.807, 2.05) is 18.2 Å². The van der Waals surface area contributed by atoms with E-state index in [4.69, 9.17) is 0 Å². The average Bonchev–Trinajstić information content (AvgIpc) is 2.82. The third-order valence-corrected chi connectivity index (χ3v) is 4.09. The van der Waals surface area contributed by atoms with Crippen LogP contribution in [-0.4, -0.2) is 10.2 Å². The van der Waals surface area contributed by atoms with Crippen LogP contribution in [0.15, 0.2) is 30.3 Å². The Hall–Kier alpha value is -1.77. The van der Waals surface area contributed by atoms with E-state index in [0.29, 0.717) is 0 Å². The molecule has 0 saturated heterocycles. The summed E-state index contributed by atoms with van der Waals surface area (Å²) < 4.78 is 0. The van der Waals surface area contributed by atoms with Crippen LogP contribution in [-0.2, 0) is 12.8 Å². The second-order valence-electron chi connectivity index (χ2n) is 6.26. The molecule has 1 aliphatic rings. The van der Waals surface area contributed by atoms with Crippen molar-refractivity contribution in [2.24, 2.45) is 11.8 Å². The summed E-state index contributed by atoms with van der Waals surface area (Å²) in [6.07, 6.45) is 4.89.